The van der Waals surface area contributed by atoms with Crippen molar-refractivity contribution in [3.8, 4) is 0 Å². The van der Waals surface area contributed by atoms with Crippen LogP contribution in [0, 0.1) is 5.82 Å². The SMILES string of the molecule is CS(=O)C1(CN=C(N)N2CCN(c3ccc(F)cc3)CC2)CC1. The highest BCUT2D eigenvalue weighted by Crippen LogP contribution is 2.41. The van der Waals surface area contributed by atoms with Gasteiger partial charge < -0.3 is 15.5 Å². The predicted molar refractivity (Wildman–Crippen MR) is 92.7 cm³/mol. The highest BCUT2D eigenvalue weighted by Gasteiger charge is 2.46. The molecule has 3 rings (SSSR count). The highest BCUT2D eigenvalue weighted by molar-refractivity contribution is 7.86. The zero-order valence-corrected chi connectivity index (χ0v) is 14.2. The lowest BCUT2D eigenvalue weighted by Gasteiger charge is -2.36. The van der Waals surface area contributed by atoms with E-state index in [4.69, 9.17) is 5.73 Å². The number of nitrogens with two attached hydrogens (primary N) is 1. The average molecular weight is 338 g/mol. The smallest absolute Gasteiger partial charge is 0.191 e. The summed E-state index contributed by atoms with van der Waals surface area (Å²) in [6.07, 6.45) is 3.71. The van der Waals surface area contributed by atoms with Crippen molar-refractivity contribution in [2.75, 3.05) is 43.9 Å². The number of anilines is 1. The molecule has 0 aromatic heterocycles. The van der Waals surface area contributed by atoms with Gasteiger partial charge in [-0.05, 0) is 37.1 Å². The predicted octanol–water partition coefficient (Wildman–Crippen LogP) is 1.17. The summed E-state index contributed by atoms with van der Waals surface area (Å²) in [4.78, 5) is 8.75. The molecule has 126 valence electrons. The molecular formula is C16H23FN4OS. The van der Waals surface area contributed by atoms with Crippen LogP contribution in [0.4, 0.5) is 10.1 Å². The molecular weight excluding hydrogens is 315 g/mol. The van der Waals surface area contributed by atoms with Crippen molar-refractivity contribution in [1.82, 2.24) is 4.90 Å². The van der Waals surface area contributed by atoms with Crippen LogP contribution in [0.25, 0.3) is 0 Å². The van der Waals surface area contributed by atoms with Crippen molar-refractivity contribution in [3.05, 3.63) is 30.1 Å². The minimum Gasteiger partial charge on any atom is -0.370 e. The number of hydrogen-bond donors (Lipinski definition) is 1. The zero-order valence-electron chi connectivity index (χ0n) is 13.4. The van der Waals surface area contributed by atoms with Gasteiger partial charge in [0.25, 0.3) is 0 Å². The minimum atomic E-state index is -0.839. The Labute approximate surface area is 138 Å². The van der Waals surface area contributed by atoms with E-state index in [0.717, 1.165) is 44.7 Å². The number of halogens is 1. The van der Waals surface area contributed by atoms with Crippen LogP contribution >= 0.6 is 0 Å². The first-order valence-corrected chi connectivity index (χ1v) is 9.45. The molecule has 1 unspecified atom stereocenters. The number of hydrogen-bond acceptors (Lipinski definition) is 3. The Bertz CT molecular complexity index is 607. The number of guanidine groups is 1. The Morgan fingerprint density at radius 2 is 1.87 bits per heavy atom. The Hall–Kier alpha value is -1.63. The summed E-state index contributed by atoms with van der Waals surface area (Å²) in [5.74, 6) is 0.326. The largest absolute Gasteiger partial charge is 0.370 e. The van der Waals surface area contributed by atoms with E-state index in [1.54, 1.807) is 18.4 Å². The van der Waals surface area contributed by atoms with Gasteiger partial charge in [0.05, 0.1) is 11.3 Å². The van der Waals surface area contributed by atoms with Gasteiger partial charge in [-0.2, -0.15) is 0 Å². The monoisotopic (exact) mass is 338 g/mol. The fourth-order valence-corrected chi connectivity index (χ4v) is 3.77. The molecule has 5 nitrogen and oxygen atoms in total. The van der Waals surface area contributed by atoms with E-state index in [2.05, 4.69) is 14.8 Å². The number of piperazine rings is 1. The van der Waals surface area contributed by atoms with Gasteiger partial charge in [-0.15, -0.1) is 0 Å². The van der Waals surface area contributed by atoms with E-state index in [9.17, 15) is 8.60 Å². The van der Waals surface area contributed by atoms with Gasteiger partial charge >= 0.3 is 0 Å². The van der Waals surface area contributed by atoms with Gasteiger partial charge in [0.15, 0.2) is 5.96 Å². The lowest BCUT2D eigenvalue weighted by Crippen LogP contribution is -2.51. The summed E-state index contributed by atoms with van der Waals surface area (Å²) < 4.78 is 24.6. The van der Waals surface area contributed by atoms with Crippen LogP contribution in [0.1, 0.15) is 12.8 Å². The summed E-state index contributed by atoms with van der Waals surface area (Å²) in [6, 6.07) is 6.57. The first-order valence-electron chi connectivity index (χ1n) is 7.89. The first kappa shape index (κ1) is 16.2. The maximum Gasteiger partial charge on any atom is 0.191 e. The zero-order chi connectivity index (χ0) is 16.4. The number of nitrogens with zero attached hydrogens (tertiary/aromatic N) is 3. The van der Waals surface area contributed by atoms with Crippen molar-refractivity contribution >= 4 is 22.4 Å². The maximum absolute atomic E-state index is 13.0. The maximum atomic E-state index is 13.0. The third kappa shape index (κ3) is 3.65. The van der Waals surface area contributed by atoms with Gasteiger partial charge in [0, 0.05) is 48.9 Å². The van der Waals surface area contributed by atoms with Crippen LogP contribution in [-0.4, -0.2) is 58.8 Å². The summed E-state index contributed by atoms with van der Waals surface area (Å²) in [5, 5.41) is 0. The Kier molecular flexibility index (Phi) is 4.57. The molecule has 1 saturated heterocycles. The van der Waals surface area contributed by atoms with Crippen molar-refractivity contribution in [3.63, 3.8) is 0 Å². The molecule has 1 aromatic rings. The van der Waals surface area contributed by atoms with Crippen LogP contribution in [0.5, 0.6) is 0 Å². The number of benzene rings is 1. The topological polar surface area (TPSA) is 61.9 Å². The van der Waals surface area contributed by atoms with Crippen LogP contribution in [-0.2, 0) is 10.8 Å². The molecule has 0 amide bonds. The molecule has 0 radical (unpaired) electrons. The molecule has 1 aliphatic carbocycles. The quantitative estimate of drug-likeness (QED) is 0.661. The molecule has 0 spiro atoms. The van der Waals surface area contributed by atoms with Crippen molar-refractivity contribution in [1.29, 1.82) is 0 Å². The Morgan fingerprint density at radius 1 is 1.26 bits per heavy atom. The molecule has 1 saturated carbocycles. The van der Waals surface area contributed by atoms with Gasteiger partial charge in [0.2, 0.25) is 0 Å². The molecule has 2 aliphatic rings. The van der Waals surface area contributed by atoms with Gasteiger partial charge in [-0.1, -0.05) is 0 Å². The minimum absolute atomic E-state index is 0.124. The van der Waals surface area contributed by atoms with Crippen molar-refractivity contribution in [2.24, 2.45) is 10.7 Å². The first-order chi connectivity index (χ1) is 11.0. The summed E-state index contributed by atoms with van der Waals surface area (Å²) >= 11 is 0. The number of aliphatic imine (C=N–C) groups is 1. The Morgan fingerprint density at radius 3 is 2.39 bits per heavy atom. The highest BCUT2D eigenvalue weighted by atomic mass is 32.2. The van der Waals surface area contributed by atoms with Crippen molar-refractivity contribution < 1.29 is 8.60 Å². The van der Waals surface area contributed by atoms with E-state index < -0.39 is 10.8 Å². The van der Waals surface area contributed by atoms with Crippen LogP contribution < -0.4 is 10.6 Å². The van der Waals surface area contributed by atoms with Crippen LogP contribution in [0.15, 0.2) is 29.3 Å². The van der Waals surface area contributed by atoms with E-state index in [-0.39, 0.29) is 10.6 Å². The third-order valence-corrected chi connectivity index (χ3v) is 6.50. The van der Waals surface area contributed by atoms with Crippen LogP contribution in [0.3, 0.4) is 0 Å². The van der Waals surface area contributed by atoms with E-state index in [1.807, 2.05) is 0 Å². The summed E-state index contributed by atoms with van der Waals surface area (Å²) in [5.41, 5.74) is 7.12. The Balaban J connectivity index is 1.54. The molecule has 2 fully saturated rings. The van der Waals surface area contributed by atoms with E-state index >= 15 is 0 Å². The molecule has 7 heteroatoms. The van der Waals surface area contributed by atoms with Crippen molar-refractivity contribution in [2.45, 2.75) is 17.6 Å². The molecule has 1 atom stereocenters. The molecule has 1 heterocycles. The van der Waals surface area contributed by atoms with Gasteiger partial charge in [-0.25, -0.2) is 4.39 Å². The van der Waals surface area contributed by atoms with Gasteiger partial charge in [0.1, 0.15) is 5.82 Å². The van der Waals surface area contributed by atoms with Crippen LogP contribution in [0.2, 0.25) is 0 Å². The molecule has 0 bridgehead atoms. The standard InChI is InChI=1S/C16H23FN4OS/c1-23(22)16(6-7-16)12-19-15(18)21-10-8-20(9-11-21)14-4-2-13(17)3-5-14/h2-5H,6-12H2,1H3,(H2,18,19). The molecule has 1 aromatic carbocycles. The second-order valence-corrected chi connectivity index (χ2v) is 8.04. The normalized spacial score (nSPS) is 22.1. The fraction of sp³-hybridized carbons (Fsp3) is 0.562. The second kappa shape index (κ2) is 6.47. The van der Waals surface area contributed by atoms with E-state index in [1.165, 1.54) is 12.1 Å². The second-order valence-electron chi connectivity index (χ2n) is 6.26. The summed E-state index contributed by atoms with van der Waals surface area (Å²) in [6.45, 7) is 3.78. The number of rotatable bonds is 4. The third-order valence-electron chi connectivity index (χ3n) is 4.74. The molecule has 2 N–H and O–H groups in total. The fourth-order valence-electron chi connectivity index (χ4n) is 2.85. The summed E-state index contributed by atoms with van der Waals surface area (Å²) in [7, 11) is -0.839. The van der Waals surface area contributed by atoms with E-state index in [0.29, 0.717) is 12.5 Å². The molecule has 23 heavy (non-hydrogen) atoms. The lowest BCUT2D eigenvalue weighted by molar-refractivity contribution is 0.380. The molecule has 1 aliphatic heterocycles. The van der Waals surface area contributed by atoms with Gasteiger partial charge in [-0.3, -0.25) is 9.20 Å². The lowest BCUT2D eigenvalue weighted by atomic mass is 10.2. The average Bonchev–Trinajstić information content (AvgIpc) is 3.35.